The third-order valence-corrected chi connectivity index (χ3v) is 4.22. The van der Waals surface area contributed by atoms with E-state index in [1.807, 2.05) is 0 Å². The number of carbonyl (C=O) groups excluding carboxylic acids is 1. The Labute approximate surface area is 117 Å². The first-order valence-electron chi connectivity index (χ1n) is 4.43. The van der Waals surface area contributed by atoms with Gasteiger partial charge in [0, 0.05) is 10.9 Å². The predicted octanol–water partition coefficient (Wildman–Crippen LogP) is 4.78. The molecule has 0 amide bonds. The van der Waals surface area contributed by atoms with Crippen LogP contribution in [0.4, 0.5) is 8.78 Å². The summed E-state index contributed by atoms with van der Waals surface area (Å²) >= 11 is 7.40. The van der Waals surface area contributed by atoms with E-state index >= 15 is 0 Å². The normalized spacial score (nSPS) is 10.6. The second-order valence-electron chi connectivity index (χ2n) is 3.19. The van der Waals surface area contributed by atoms with E-state index < -0.39 is 23.0 Å². The zero-order chi connectivity index (χ0) is 12.6. The monoisotopic (exact) mass is 380 g/mol. The van der Waals surface area contributed by atoms with Crippen molar-refractivity contribution < 1.29 is 13.6 Å². The molecule has 1 aromatic carbocycles. The molecule has 0 aliphatic heterocycles. The van der Waals surface area contributed by atoms with Gasteiger partial charge in [0.2, 0.25) is 0 Å². The topological polar surface area (TPSA) is 17.1 Å². The molecule has 0 fully saturated rings. The smallest absolute Gasteiger partial charge is 0.199 e. The molecule has 0 aliphatic carbocycles. The van der Waals surface area contributed by atoms with Crippen LogP contribution in [0.5, 0.6) is 0 Å². The largest absolute Gasteiger partial charge is 0.288 e. The number of thiophene rings is 1. The molecule has 6 heteroatoms. The highest BCUT2D eigenvalue weighted by atomic mass is 79.9. The Kier molecular flexibility index (Phi) is 3.75. The number of halogens is 4. The highest BCUT2D eigenvalue weighted by Crippen LogP contribution is 2.27. The fraction of sp³-hybridized carbons (Fsp3) is 0. The summed E-state index contributed by atoms with van der Waals surface area (Å²) in [6.45, 7) is 0. The minimum atomic E-state index is -0.877. The van der Waals surface area contributed by atoms with Gasteiger partial charge in [0.15, 0.2) is 11.6 Å². The van der Waals surface area contributed by atoms with Gasteiger partial charge < -0.3 is 0 Å². The lowest BCUT2D eigenvalue weighted by atomic mass is 10.1. The van der Waals surface area contributed by atoms with Crippen LogP contribution >= 0.6 is 43.2 Å². The van der Waals surface area contributed by atoms with E-state index in [0.29, 0.717) is 0 Å². The standard InChI is InChI=1S/C11H4Br2F2OS/c12-6-1-2-7(14)9(10(6)15)11(16)5-3-8(13)17-4-5/h1-4H. The van der Waals surface area contributed by atoms with Crippen molar-refractivity contribution in [2.24, 2.45) is 0 Å². The summed E-state index contributed by atoms with van der Waals surface area (Å²) < 4.78 is 28.0. The van der Waals surface area contributed by atoms with E-state index in [1.54, 1.807) is 5.38 Å². The number of rotatable bonds is 2. The fourth-order valence-electron chi connectivity index (χ4n) is 1.31. The van der Waals surface area contributed by atoms with Gasteiger partial charge in [0.1, 0.15) is 5.82 Å². The van der Waals surface area contributed by atoms with Gasteiger partial charge in [-0.05, 0) is 50.1 Å². The van der Waals surface area contributed by atoms with Crippen molar-refractivity contribution in [3.8, 4) is 0 Å². The Morgan fingerprint density at radius 2 is 1.94 bits per heavy atom. The van der Waals surface area contributed by atoms with Crippen molar-refractivity contribution in [1.29, 1.82) is 0 Å². The van der Waals surface area contributed by atoms with Gasteiger partial charge in [-0.3, -0.25) is 4.79 Å². The lowest BCUT2D eigenvalue weighted by Gasteiger charge is -2.04. The van der Waals surface area contributed by atoms with Crippen molar-refractivity contribution in [2.45, 2.75) is 0 Å². The molecule has 0 spiro atoms. The van der Waals surface area contributed by atoms with Crippen LogP contribution in [-0.2, 0) is 0 Å². The second-order valence-corrected chi connectivity index (χ2v) is 6.33. The molecule has 1 heterocycles. The third-order valence-electron chi connectivity index (χ3n) is 2.10. The summed E-state index contributed by atoms with van der Waals surface area (Å²) in [7, 11) is 0. The lowest BCUT2D eigenvalue weighted by molar-refractivity contribution is 0.103. The lowest BCUT2D eigenvalue weighted by Crippen LogP contribution is -2.07. The van der Waals surface area contributed by atoms with Crippen molar-refractivity contribution in [3.05, 3.63) is 54.6 Å². The van der Waals surface area contributed by atoms with Crippen LogP contribution in [0.25, 0.3) is 0 Å². The Morgan fingerprint density at radius 3 is 2.53 bits per heavy atom. The van der Waals surface area contributed by atoms with Crippen LogP contribution in [0, 0.1) is 11.6 Å². The highest BCUT2D eigenvalue weighted by Gasteiger charge is 2.21. The minimum absolute atomic E-state index is 0.0662. The van der Waals surface area contributed by atoms with Crippen molar-refractivity contribution in [3.63, 3.8) is 0 Å². The summed E-state index contributed by atoms with van der Waals surface area (Å²) in [6.07, 6.45) is 0. The van der Waals surface area contributed by atoms with Crippen molar-refractivity contribution >= 4 is 49.0 Å². The van der Waals surface area contributed by atoms with Gasteiger partial charge in [-0.1, -0.05) is 0 Å². The average molecular weight is 382 g/mol. The van der Waals surface area contributed by atoms with E-state index in [-0.39, 0.29) is 10.0 Å². The number of hydrogen-bond donors (Lipinski definition) is 0. The molecule has 17 heavy (non-hydrogen) atoms. The van der Waals surface area contributed by atoms with Crippen LogP contribution in [0.3, 0.4) is 0 Å². The Hall–Kier alpha value is -0.590. The first kappa shape index (κ1) is 12.9. The SMILES string of the molecule is O=C(c1csc(Br)c1)c1c(F)ccc(Br)c1F. The maximum absolute atomic E-state index is 13.7. The van der Waals surface area contributed by atoms with Crippen LogP contribution < -0.4 is 0 Å². The van der Waals surface area contributed by atoms with Crippen LogP contribution in [0.15, 0.2) is 31.8 Å². The summed E-state index contributed by atoms with van der Waals surface area (Å²) in [5.74, 6) is -2.40. The molecule has 1 nitrogen and oxygen atoms in total. The average Bonchev–Trinajstić information content (AvgIpc) is 2.71. The fourth-order valence-corrected chi connectivity index (χ4v) is 2.78. The molecule has 0 bridgehead atoms. The molecule has 1 aromatic heterocycles. The Morgan fingerprint density at radius 1 is 1.24 bits per heavy atom. The Bertz CT molecular complexity index is 595. The molecule has 2 aromatic rings. The quantitative estimate of drug-likeness (QED) is 0.540. The van der Waals surface area contributed by atoms with Gasteiger partial charge in [-0.25, -0.2) is 8.78 Å². The van der Waals surface area contributed by atoms with E-state index in [2.05, 4.69) is 31.9 Å². The number of carbonyl (C=O) groups is 1. The molecule has 0 N–H and O–H groups in total. The Balaban J connectivity index is 2.54. The van der Waals surface area contributed by atoms with Crippen LogP contribution in [0.1, 0.15) is 15.9 Å². The third kappa shape index (κ3) is 2.48. The molecular formula is C11H4Br2F2OS. The summed E-state index contributed by atoms with van der Waals surface area (Å²) in [5, 5.41) is 1.55. The maximum atomic E-state index is 13.7. The molecule has 0 saturated heterocycles. The van der Waals surface area contributed by atoms with Gasteiger partial charge in [-0.2, -0.15) is 0 Å². The van der Waals surface area contributed by atoms with Crippen molar-refractivity contribution in [1.82, 2.24) is 0 Å². The molecule has 2 rings (SSSR count). The minimum Gasteiger partial charge on any atom is -0.288 e. The maximum Gasteiger partial charge on any atom is 0.199 e. The first-order valence-corrected chi connectivity index (χ1v) is 6.89. The molecule has 88 valence electrons. The number of hydrogen-bond acceptors (Lipinski definition) is 2. The van der Waals surface area contributed by atoms with E-state index in [9.17, 15) is 13.6 Å². The highest BCUT2D eigenvalue weighted by molar-refractivity contribution is 9.11. The predicted molar refractivity (Wildman–Crippen MR) is 69.5 cm³/mol. The molecule has 0 radical (unpaired) electrons. The summed E-state index contributed by atoms with van der Waals surface area (Å²) in [4.78, 5) is 11.9. The van der Waals surface area contributed by atoms with E-state index in [1.165, 1.54) is 23.5 Å². The molecule has 0 unspecified atom stereocenters. The van der Waals surface area contributed by atoms with Crippen LogP contribution in [-0.4, -0.2) is 5.78 Å². The zero-order valence-corrected chi connectivity index (χ0v) is 12.1. The van der Waals surface area contributed by atoms with Gasteiger partial charge in [0.05, 0.1) is 13.8 Å². The first-order chi connectivity index (χ1) is 8.00. The molecule has 0 atom stereocenters. The van der Waals surface area contributed by atoms with Crippen LogP contribution in [0.2, 0.25) is 0 Å². The summed E-state index contributed by atoms with van der Waals surface area (Å²) in [6, 6.07) is 3.82. The second kappa shape index (κ2) is 4.96. The number of ketones is 1. The molecule has 0 aliphatic rings. The number of benzene rings is 1. The summed E-state index contributed by atoms with van der Waals surface area (Å²) in [5.41, 5.74) is -0.276. The molecule has 0 saturated carbocycles. The van der Waals surface area contributed by atoms with Gasteiger partial charge in [-0.15, -0.1) is 11.3 Å². The van der Waals surface area contributed by atoms with Gasteiger partial charge >= 0.3 is 0 Å². The van der Waals surface area contributed by atoms with Gasteiger partial charge in [0.25, 0.3) is 0 Å². The van der Waals surface area contributed by atoms with E-state index in [4.69, 9.17) is 0 Å². The zero-order valence-electron chi connectivity index (χ0n) is 8.14. The molecular weight excluding hydrogens is 378 g/mol. The van der Waals surface area contributed by atoms with Crippen molar-refractivity contribution in [2.75, 3.05) is 0 Å². The van der Waals surface area contributed by atoms with E-state index in [0.717, 1.165) is 9.85 Å².